The summed E-state index contributed by atoms with van der Waals surface area (Å²) in [5.74, 6) is 0.734. The van der Waals surface area contributed by atoms with Gasteiger partial charge in [-0.25, -0.2) is 0 Å². The van der Waals surface area contributed by atoms with Crippen LogP contribution in [0.1, 0.15) is 19.8 Å². The normalized spacial score (nSPS) is 28.8. The number of hydrogen-bond donors (Lipinski definition) is 1. The van der Waals surface area contributed by atoms with E-state index in [2.05, 4.69) is 24.4 Å². The van der Waals surface area contributed by atoms with Crippen molar-refractivity contribution in [3.8, 4) is 0 Å². The summed E-state index contributed by atoms with van der Waals surface area (Å²) in [6.45, 7) is 2.17. The summed E-state index contributed by atoms with van der Waals surface area (Å²) < 4.78 is 0. The molecule has 1 saturated heterocycles. The second-order valence-electron chi connectivity index (χ2n) is 3.25. The van der Waals surface area contributed by atoms with E-state index < -0.39 is 0 Å². The molecule has 1 aliphatic carbocycles. The van der Waals surface area contributed by atoms with Gasteiger partial charge < -0.3 is 5.32 Å². The minimum Gasteiger partial charge on any atom is -0.326 e. The first-order valence-corrected chi connectivity index (χ1v) is 3.97. The molecule has 1 atom stereocenters. The Morgan fingerprint density at radius 3 is 3.27 bits per heavy atom. The van der Waals surface area contributed by atoms with Gasteiger partial charge in [0.2, 0.25) is 5.91 Å². The van der Waals surface area contributed by atoms with E-state index in [1.54, 1.807) is 0 Å². The lowest BCUT2D eigenvalue weighted by Gasteiger charge is -2.11. The Morgan fingerprint density at radius 2 is 2.45 bits per heavy atom. The maximum Gasteiger partial charge on any atom is 0.228 e. The van der Waals surface area contributed by atoms with Crippen LogP contribution in [0.4, 0.5) is 0 Å². The molecular weight excluding hydrogens is 138 g/mol. The third kappa shape index (κ3) is 1.09. The van der Waals surface area contributed by atoms with Gasteiger partial charge in [-0.2, -0.15) is 0 Å². The van der Waals surface area contributed by atoms with Crippen molar-refractivity contribution in [3.63, 3.8) is 0 Å². The monoisotopic (exact) mass is 149 g/mol. The zero-order chi connectivity index (χ0) is 7.84. The summed E-state index contributed by atoms with van der Waals surface area (Å²) in [7, 11) is 0. The van der Waals surface area contributed by atoms with E-state index in [1.807, 2.05) is 0 Å². The fraction of sp³-hybridized carbons (Fsp3) is 0.444. The van der Waals surface area contributed by atoms with Gasteiger partial charge in [-0.15, -0.1) is 0 Å². The Labute approximate surface area is 66.0 Å². The average molecular weight is 149 g/mol. The number of nitrogens with one attached hydrogen (secondary N) is 1. The third-order valence-electron chi connectivity index (χ3n) is 2.15. The van der Waals surface area contributed by atoms with Crippen LogP contribution in [0.15, 0.2) is 23.4 Å². The highest BCUT2D eigenvalue weighted by atomic mass is 16.1. The van der Waals surface area contributed by atoms with Gasteiger partial charge >= 0.3 is 0 Å². The van der Waals surface area contributed by atoms with Crippen LogP contribution in [0.2, 0.25) is 0 Å². The van der Waals surface area contributed by atoms with E-state index in [-0.39, 0.29) is 5.91 Å². The lowest BCUT2D eigenvalue weighted by molar-refractivity contribution is -0.118. The molecule has 0 aromatic rings. The van der Waals surface area contributed by atoms with Gasteiger partial charge in [0.1, 0.15) is 0 Å². The fourth-order valence-corrected chi connectivity index (χ4v) is 1.59. The van der Waals surface area contributed by atoms with E-state index in [9.17, 15) is 4.79 Å². The minimum atomic E-state index is 0.136. The van der Waals surface area contributed by atoms with Crippen molar-refractivity contribution in [2.24, 2.45) is 5.92 Å². The van der Waals surface area contributed by atoms with Gasteiger partial charge in [-0.1, -0.05) is 19.1 Å². The molecule has 2 heteroatoms. The zero-order valence-electron chi connectivity index (χ0n) is 6.55. The van der Waals surface area contributed by atoms with E-state index in [0.29, 0.717) is 12.3 Å². The molecule has 1 fully saturated rings. The average Bonchev–Trinajstić information content (AvgIpc) is 2.27. The molecule has 0 bridgehead atoms. The van der Waals surface area contributed by atoms with Crippen LogP contribution in [0, 0.1) is 5.92 Å². The van der Waals surface area contributed by atoms with Crippen molar-refractivity contribution >= 4 is 5.91 Å². The molecule has 1 unspecified atom stereocenters. The highest BCUT2D eigenvalue weighted by Crippen LogP contribution is 2.27. The van der Waals surface area contributed by atoms with Crippen LogP contribution >= 0.6 is 0 Å². The lowest BCUT2D eigenvalue weighted by atomic mass is 9.96. The van der Waals surface area contributed by atoms with Crippen molar-refractivity contribution < 1.29 is 4.79 Å². The van der Waals surface area contributed by atoms with Crippen molar-refractivity contribution in [1.82, 2.24) is 5.32 Å². The number of fused-ring (bicyclic) bond motifs is 1. The summed E-state index contributed by atoms with van der Waals surface area (Å²) in [5.41, 5.74) is 2.24. The maximum atomic E-state index is 10.9. The smallest absolute Gasteiger partial charge is 0.228 e. The van der Waals surface area contributed by atoms with Crippen LogP contribution < -0.4 is 5.32 Å². The number of hydrogen-bond acceptors (Lipinski definition) is 1. The summed E-state index contributed by atoms with van der Waals surface area (Å²) in [6, 6.07) is 0. The Kier molecular flexibility index (Phi) is 1.34. The molecule has 11 heavy (non-hydrogen) atoms. The van der Waals surface area contributed by atoms with Gasteiger partial charge in [0.05, 0.1) is 6.42 Å². The Hall–Kier alpha value is -1.05. The summed E-state index contributed by atoms with van der Waals surface area (Å²) in [6.07, 6.45) is 5.94. The molecule has 1 amide bonds. The molecule has 1 heterocycles. The van der Waals surface area contributed by atoms with E-state index in [4.69, 9.17) is 0 Å². The predicted molar refractivity (Wildman–Crippen MR) is 42.7 cm³/mol. The molecule has 1 aliphatic heterocycles. The van der Waals surface area contributed by atoms with Crippen LogP contribution in [-0.4, -0.2) is 5.91 Å². The fourth-order valence-electron chi connectivity index (χ4n) is 1.59. The number of rotatable bonds is 0. The second-order valence-corrected chi connectivity index (χ2v) is 3.25. The number of allylic oxidation sites excluding steroid dienone is 3. The molecule has 0 radical (unpaired) electrons. The zero-order valence-corrected chi connectivity index (χ0v) is 6.55. The Balaban J connectivity index is 2.31. The van der Waals surface area contributed by atoms with Crippen molar-refractivity contribution in [2.45, 2.75) is 19.8 Å². The van der Waals surface area contributed by atoms with Crippen molar-refractivity contribution in [2.75, 3.05) is 0 Å². The largest absolute Gasteiger partial charge is 0.326 e. The molecule has 2 aliphatic rings. The van der Waals surface area contributed by atoms with Gasteiger partial charge in [-0.05, 0) is 17.9 Å². The molecule has 58 valence electrons. The molecule has 0 aromatic carbocycles. The Morgan fingerprint density at radius 1 is 1.64 bits per heavy atom. The molecule has 0 saturated carbocycles. The standard InChI is InChI=1S/C9H11NO/c1-6-2-3-8-7(4-6)5-9(11)10-8/h3-4,6H,2,5H2,1H3,(H,10,11). The molecule has 2 nitrogen and oxygen atoms in total. The third-order valence-corrected chi connectivity index (χ3v) is 2.15. The second kappa shape index (κ2) is 2.22. The van der Waals surface area contributed by atoms with Gasteiger partial charge in [0.15, 0.2) is 0 Å². The first-order valence-electron chi connectivity index (χ1n) is 3.97. The van der Waals surface area contributed by atoms with E-state index in [0.717, 1.165) is 12.1 Å². The first kappa shape index (κ1) is 6.65. The van der Waals surface area contributed by atoms with Gasteiger partial charge in [-0.3, -0.25) is 4.79 Å². The molecular formula is C9H11NO. The topological polar surface area (TPSA) is 29.1 Å². The van der Waals surface area contributed by atoms with Gasteiger partial charge in [0.25, 0.3) is 0 Å². The summed E-state index contributed by atoms with van der Waals surface area (Å²) >= 11 is 0. The lowest BCUT2D eigenvalue weighted by Crippen LogP contribution is -2.12. The first-order chi connectivity index (χ1) is 5.25. The molecule has 1 N–H and O–H groups in total. The quantitative estimate of drug-likeness (QED) is 0.553. The molecule has 0 spiro atoms. The SMILES string of the molecule is CC1C=C2CC(=O)NC2=CC1. The van der Waals surface area contributed by atoms with E-state index >= 15 is 0 Å². The van der Waals surface area contributed by atoms with Crippen LogP contribution in [0.5, 0.6) is 0 Å². The van der Waals surface area contributed by atoms with E-state index in [1.165, 1.54) is 5.57 Å². The van der Waals surface area contributed by atoms with Crippen LogP contribution in [-0.2, 0) is 4.79 Å². The van der Waals surface area contributed by atoms with Gasteiger partial charge in [0, 0.05) is 5.70 Å². The molecule has 2 rings (SSSR count). The van der Waals surface area contributed by atoms with Crippen molar-refractivity contribution in [1.29, 1.82) is 0 Å². The summed E-state index contributed by atoms with van der Waals surface area (Å²) in [5, 5.41) is 2.83. The Bertz CT molecular complexity index is 263. The highest BCUT2D eigenvalue weighted by molar-refractivity contribution is 5.87. The van der Waals surface area contributed by atoms with Crippen LogP contribution in [0.25, 0.3) is 0 Å². The number of carbonyl (C=O) groups excluding carboxylic acids is 1. The maximum absolute atomic E-state index is 10.9. The number of amides is 1. The minimum absolute atomic E-state index is 0.136. The molecule has 0 aromatic heterocycles. The predicted octanol–water partition coefficient (Wildman–Crippen LogP) is 1.36. The number of carbonyl (C=O) groups is 1. The van der Waals surface area contributed by atoms with Crippen LogP contribution in [0.3, 0.4) is 0 Å². The van der Waals surface area contributed by atoms with Crippen molar-refractivity contribution in [3.05, 3.63) is 23.4 Å². The highest BCUT2D eigenvalue weighted by Gasteiger charge is 2.22. The summed E-state index contributed by atoms with van der Waals surface area (Å²) in [4.78, 5) is 10.9.